The van der Waals surface area contributed by atoms with E-state index in [1.807, 2.05) is 13.8 Å². The van der Waals surface area contributed by atoms with Crippen LogP contribution in [0.3, 0.4) is 0 Å². The fourth-order valence-corrected chi connectivity index (χ4v) is 2.02. The van der Waals surface area contributed by atoms with Gasteiger partial charge in [-0.15, -0.1) is 0 Å². The number of nitrogens with zero attached hydrogens (tertiary/aromatic N) is 3. The second-order valence-electron chi connectivity index (χ2n) is 5.60. The van der Waals surface area contributed by atoms with Gasteiger partial charge in [0.05, 0.1) is 19.8 Å². The summed E-state index contributed by atoms with van der Waals surface area (Å²) < 4.78 is 11.0. The first-order valence-corrected chi connectivity index (χ1v) is 7.26. The van der Waals surface area contributed by atoms with E-state index in [1.54, 1.807) is 19.3 Å². The van der Waals surface area contributed by atoms with Gasteiger partial charge < -0.3 is 24.8 Å². The van der Waals surface area contributed by atoms with Crippen LogP contribution in [0.1, 0.15) is 20.8 Å². The number of anilines is 1. The maximum atomic E-state index is 10.3. The van der Waals surface area contributed by atoms with Crippen LogP contribution < -0.4 is 15.0 Å². The van der Waals surface area contributed by atoms with Crippen molar-refractivity contribution in [2.24, 2.45) is 0 Å². The smallest absolute Gasteiger partial charge is 0.260 e. The zero-order chi connectivity index (χ0) is 15.3. The van der Waals surface area contributed by atoms with Crippen LogP contribution in [-0.4, -0.2) is 59.8 Å². The van der Waals surface area contributed by atoms with Crippen molar-refractivity contribution in [2.45, 2.75) is 32.6 Å². The van der Waals surface area contributed by atoms with E-state index in [-0.39, 0.29) is 6.04 Å². The van der Waals surface area contributed by atoms with Crippen LogP contribution in [0.25, 0.3) is 0 Å². The SMILES string of the molecule is CC(C)NCC(C)(O)Oc1nccnc1N1CCOCC1. The van der Waals surface area contributed by atoms with Gasteiger partial charge in [-0.1, -0.05) is 13.8 Å². The molecule has 1 aromatic rings. The first-order valence-electron chi connectivity index (χ1n) is 7.26. The van der Waals surface area contributed by atoms with Gasteiger partial charge in [0.2, 0.25) is 5.79 Å². The van der Waals surface area contributed by atoms with E-state index in [0.717, 1.165) is 13.1 Å². The number of nitrogens with one attached hydrogen (secondary N) is 1. The first kappa shape index (κ1) is 15.9. The van der Waals surface area contributed by atoms with Crippen molar-refractivity contribution in [2.75, 3.05) is 37.7 Å². The number of morpholine rings is 1. The average molecular weight is 296 g/mol. The van der Waals surface area contributed by atoms with E-state index in [2.05, 4.69) is 20.2 Å². The number of ether oxygens (including phenoxy) is 2. The van der Waals surface area contributed by atoms with Crippen molar-refractivity contribution in [3.63, 3.8) is 0 Å². The van der Waals surface area contributed by atoms with E-state index in [1.165, 1.54) is 0 Å². The minimum Gasteiger partial charge on any atom is -0.442 e. The van der Waals surface area contributed by atoms with Gasteiger partial charge in [-0.2, -0.15) is 0 Å². The van der Waals surface area contributed by atoms with E-state index in [4.69, 9.17) is 9.47 Å². The summed E-state index contributed by atoms with van der Waals surface area (Å²) in [7, 11) is 0. The van der Waals surface area contributed by atoms with Crippen molar-refractivity contribution in [1.82, 2.24) is 15.3 Å². The van der Waals surface area contributed by atoms with Crippen LogP contribution in [-0.2, 0) is 4.74 Å². The molecule has 1 saturated heterocycles. The number of aromatic nitrogens is 2. The third-order valence-corrected chi connectivity index (χ3v) is 3.11. The number of hydrogen-bond donors (Lipinski definition) is 2. The third kappa shape index (κ3) is 4.80. The van der Waals surface area contributed by atoms with Gasteiger partial charge in [-0.3, -0.25) is 0 Å². The predicted octanol–water partition coefficient (Wildman–Crippen LogP) is 0.398. The molecule has 2 N–H and O–H groups in total. The zero-order valence-corrected chi connectivity index (χ0v) is 12.9. The average Bonchev–Trinajstić information content (AvgIpc) is 2.46. The van der Waals surface area contributed by atoms with Crippen molar-refractivity contribution < 1.29 is 14.6 Å². The molecule has 0 spiro atoms. The molecule has 1 aromatic heterocycles. The van der Waals surface area contributed by atoms with Gasteiger partial charge in [-0.25, -0.2) is 9.97 Å². The Labute approximate surface area is 125 Å². The van der Waals surface area contributed by atoms with Gasteiger partial charge >= 0.3 is 0 Å². The summed E-state index contributed by atoms with van der Waals surface area (Å²) in [4.78, 5) is 10.6. The minimum atomic E-state index is -1.35. The van der Waals surface area contributed by atoms with Crippen LogP contribution in [0, 0.1) is 0 Å². The topological polar surface area (TPSA) is 79.7 Å². The minimum absolute atomic E-state index is 0.264. The summed E-state index contributed by atoms with van der Waals surface area (Å²) in [5.74, 6) is -0.359. The van der Waals surface area contributed by atoms with Crippen LogP contribution in [0.15, 0.2) is 12.4 Å². The Kier molecular flexibility index (Phi) is 5.33. The Bertz CT molecular complexity index is 448. The second kappa shape index (κ2) is 7.02. The van der Waals surface area contributed by atoms with Crippen LogP contribution >= 0.6 is 0 Å². The molecule has 118 valence electrons. The molecule has 0 radical (unpaired) electrons. The summed E-state index contributed by atoms with van der Waals surface area (Å²) in [6.07, 6.45) is 3.18. The largest absolute Gasteiger partial charge is 0.442 e. The van der Waals surface area contributed by atoms with E-state index >= 15 is 0 Å². The van der Waals surface area contributed by atoms with Gasteiger partial charge in [0.25, 0.3) is 5.88 Å². The third-order valence-electron chi connectivity index (χ3n) is 3.11. The zero-order valence-electron chi connectivity index (χ0n) is 12.9. The lowest BCUT2D eigenvalue weighted by molar-refractivity contribution is -0.121. The molecule has 0 aliphatic carbocycles. The van der Waals surface area contributed by atoms with Crippen molar-refractivity contribution >= 4 is 5.82 Å². The Morgan fingerprint density at radius 3 is 2.71 bits per heavy atom. The standard InChI is InChI=1S/C14H24N4O3/c1-11(2)17-10-14(3,19)21-13-12(15-4-5-16-13)18-6-8-20-9-7-18/h4-5,11,17,19H,6-10H2,1-3H3. The summed E-state index contributed by atoms with van der Waals surface area (Å²) >= 11 is 0. The molecule has 1 aliphatic rings. The summed E-state index contributed by atoms with van der Waals surface area (Å²) in [6.45, 7) is 8.73. The highest BCUT2D eigenvalue weighted by Crippen LogP contribution is 2.26. The number of hydrogen-bond acceptors (Lipinski definition) is 7. The van der Waals surface area contributed by atoms with Gasteiger partial charge in [0, 0.05) is 38.4 Å². The summed E-state index contributed by atoms with van der Waals surface area (Å²) in [5, 5.41) is 13.5. The van der Waals surface area contributed by atoms with Crippen molar-refractivity contribution in [3.05, 3.63) is 12.4 Å². The monoisotopic (exact) mass is 296 g/mol. The second-order valence-corrected chi connectivity index (χ2v) is 5.60. The molecule has 21 heavy (non-hydrogen) atoms. The van der Waals surface area contributed by atoms with Crippen LogP contribution in [0.4, 0.5) is 5.82 Å². The van der Waals surface area contributed by atoms with Crippen molar-refractivity contribution in [1.29, 1.82) is 0 Å². The lowest BCUT2D eigenvalue weighted by Crippen LogP contribution is -2.45. The summed E-state index contributed by atoms with van der Waals surface area (Å²) in [5.41, 5.74) is 0. The fourth-order valence-electron chi connectivity index (χ4n) is 2.02. The molecule has 2 rings (SSSR count). The van der Waals surface area contributed by atoms with Crippen LogP contribution in [0.2, 0.25) is 0 Å². The molecule has 2 heterocycles. The Balaban J connectivity index is 2.08. The molecule has 1 aliphatic heterocycles. The van der Waals surface area contributed by atoms with E-state index in [0.29, 0.717) is 31.5 Å². The molecule has 7 nitrogen and oxygen atoms in total. The molecular formula is C14H24N4O3. The molecule has 1 unspecified atom stereocenters. The highest BCUT2D eigenvalue weighted by atomic mass is 16.6. The van der Waals surface area contributed by atoms with Crippen molar-refractivity contribution in [3.8, 4) is 5.88 Å². The quantitative estimate of drug-likeness (QED) is 0.735. The molecule has 1 atom stereocenters. The molecule has 0 bridgehead atoms. The first-order chi connectivity index (χ1) is 9.98. The lowest BCUT2D eigenvalue weighted by Gasteiger charge is -2.31. The molecule has 7 heteroatoms. The Morgan fingerprint density at radius 2 is 2.05 bits per heavy atom. The molecule has 1 fully saturated rings. The van der Waals surface area contributed by atoms with E-state index < -0.39 is 5.79 Å². The molecular weight excluding hydrogens is 272 g/mol. The fraction of sp³-hybridized carbons (Fsp3) is 0.714. The molecule has 0 saturated carbocycles. The lowest BCUT2D eigenvalue weighted by atomic mass is 10.3. The molecule has 0 amide bonds. The van der Waals surface area contributed by atoms with Crippen LogP contribution in [0.5, 0.6) is 5.88 Å². The number of rotatable bonds is 6. The maximum Gasteiger partial charge on any atom is 0.260 e. The molecule has 0 aromatic carbocycles. The van der Waals surface area contributed by atoms with Gasteiger partial charge in [0.1, 0.15) is 0 Å². The number of aliphatic hydroxyl groups is 1. The Morgan fingerprint density at radius 1 is 1.38 bits per heavy atom. The summed E-state index contributed by atoms with van der Waals surface area (Å²) in [6, 6.07) is 0.264. The van der Waals surface area contributed by atoms with Gasteiger partial charge in [0.15, 0.2) is 5.82 Å². The normalized spacial score (nSPS) is 18.6. The maximum absolute atomic E-state index is 10.3. The highest BCUT2D eigenvalue weighted by molar-refractivity contribution is 5.48. The van der Waals surface area contributed by atoms with E-state index in [9.17, 15) is 5.11 Å². The predicted molar refractivity (Wildman–Crippen MR) is 79.5 cm³/mol. The Hall–Kier alpha value is -1.44. The highest BCUT2D eigenvalue weighted by Gasteiger charge is 2.27. The van der Waals surface area contributed by atoms with Gasteiger partial charge in [-0.05, 0) is 0 Å².